The van der Waals surface area contributed by atoms with Gasteiger partial charge < -0.3 is 10.1 Å². The van der Waals surface area contributed by atoms with Gasteiger partial charge in [0.25, 0.3) is 0 Å². The second-order valence-electron chi connectivity index (χ2n) is 5.55. The number of rotatable bonds is 8. The van der Waals surface area contributed by atoms with Crippen LogP contribution in [0.2, 0.25) is 0 Å². The normalized spacial score (nSPS) is 13.0. The van der Waals surface area contributed by atoms with Gasteiger partial charge in [0.1, 0.15) is 0 Å². The fraction of sp³-hybridized carbons (Fsp3) is 0.647. The molecule has 0 saturated carbocycles. The molecule has 1 aromatic carbocycles. The molecule has 1 aromatic rings. The molecule has 0 radical (unpaired) electrons. The van der Waals surface area contributed by atoms with E-state index in [1.54, 1.807) is 0 Å². The lowest BCUT2D eigenvalue weighted by Crippen LogP contribution is -2.13. The lowest BCUT2D eigenvalue weighted by molar-refractivity contribution is 0.273. The van der Waals surface area contributed by atoms with E-state index in [1.165, 1.54) is 44.6 Å². The van der Waals surface area contributed by atoms with Crippen LogP contribution in [0.5, 0.6) is 5.75 Å². The van der Waals surface area contributed by atoms with Crippen molar-refractivity contribution in [3.63, 3.8) is 0 Å². The maximum absolute atomic E-state index is 13.7. The highest BCUT2D eigenvalue weighted by molar-refractivity contribution is 5.85. The van der Waals surface area contributed by atoms with Crippen LogP contribution in [0, 0.1) is 5.82 Å². The van der Waals surface area contributed by atoms with Crippen LogP contribution < -0.4 is 10.1 Å². The Bertz CT molecular complexity index is 425. The van der Waals surface area contributed by atoms with Crippen molar-refractivity contribution < 1.29 is 9.13 Å². The van der Waals surface area contributed by atoms with E-state index in [4.69, 9.17) is 4.74 Å². The van der Waals surface area contributed by atoms with Crippen molar-refractivity contribution >= 4 is 18.1 Å². The van der Waals surface area contributed by atoms with Crippen LogP contribution in [0.25, 0.3) is 0 Å². The third kappa shape index (κ3) is 5.39. The molecular formula is C17H27ClFNO. The smallest absolute Gasteiger partial charge is 0.165 e. The van der Waals surface area contributed by atoms with E-state index in [-0.39, 0.29) is 18.2 Å². The zero-order valence-corrected chi connectivity index (χ0v) is 13.7. The van der Waals surface area contributed by atoms with Crippen LogP contribution in [-0.4, -0.2) is 13.2 Å². The zero-order valence-electron chi connectivity index (χ0n) is 12.9. The monoisotopic (exact) mass is 315 g/mol. The predicted octanol–water partition coefficient (Wildman–Crippen LogP) is 5.34. The summed E-state index contributed by atoms with van der Waals surface area (Å²) in [4.78, 5) is 0. The molecular weight excluding hydrogens is 289 g/mol. The first kappa shape index (κ1) is 18.1. The first-order valence-electron chi connectivity index (χ1n) is 8.01. The molecule has 1 aliphatic rings. The van der Waals surface area contributed by atoms with E-state index in [0.717, 1.165) is 30.6 Å². The summed E-state index contributed by atoms with van der Waals surface area (Å²) in [6.07, 6.45) is 9.63. The van der Waals surface area contributed by atoms with Gasteiger partial charge in [-0.05, 0) is 31.4 Å². The van der Waals surface area contributed by atoms with E-state index >= 15 is 0 Å². The molecule has 2 nitrogen and oxygen atoms in total. The third-order valence-electron chi connectivity index (χ3n) is 3.88. The minimum absolute atomic E-state index is 0. The molecule has 0 atom stereocenters. The molecule has 0 bridgehead atoms. The number of hydrogen-bond donors (Lipinski definition) is 1. The van der Waals surface area contributed by atoms with Crippen molar-refractivity contribution in [2.45, 2.75) is 58.3 Å². The molecule has 0 unspecified atom stereocenters. The zero-order chi connectivity index (χ0) is 14.2. The summed E-state index contributed by atoms with van der Waals surface area (Å²) in [6, 6.07) is 3.35. The average molecular weight is 316 g/mol. The molecule has 0 spiro atoms. The summed E-state index contributed by atoms with van der Waals surface area (Å²) >= 11 is 0. The molecule has 21 heavy (non-hydrogen) atoms. The number of unbranched alkanes of at least 4 members (excludes halogenated alkanes) is 5. The molecule has 0 saturated heterocycles. The van der Waals surface area contributed by atoms with Gasteiger partial charge in [-0.2, -0.15) is 0 Å². The maximum atomic E-state index is 13.7. The number of ether oxygens (including phenoxy) is 1. The number of hydrogen-bond acceptors (Lipinski definition) is 2. The van der Waals surface area contributed by atoms with Gasteiger partial charge in [-0.15, -0.1) is 12.4 Å². The van der Waals surface area contributed by atoms with Gasteiger partial charge in [0.15, 0.2) is 11.6 Å². The Labute approximate surface area is 133 Å². The summed E-state index contributed by atoms with van der Waals surface area (Å²) in [7, 11) is 0. The largest absolute Gasteiger partial charge is 0.490 e. The second kappa shape index (κ2) is 9.88. The van der Waals surface area contributed by atoms with E-state index in [1.807, 2.05) is 6.07 Å². The van der Waals surface area contributed by atoms with Crippen LogP contribution in [0.3, 0.4) is 0 Å². The molecule has 1 aliphatic heterocycles. The number of anilines is 1. The first-order valence-corrected chi connectivity index (χ1v) is 8.01. The average Bonchev–Trinajstić information content (AvgIpc) is 2.49. The summed E-state index contributed by atoms with van der Waals surface area (Å²) in [5.41, 5.74) is 2.07. The predicted molar refractivity (Wildman–Crippen MR) is 89.3 cm³/mol. The van der Waals surface area contributed by atoms with Gasteiger partial charge in [-0.25, -0.2) is 4.39 Å². The van der Waals surface area contributed by atoms with Crippen molar-refractivity contribution in [2.24, 2.45) is 0 Å². The van der Waals surface area contributed by atoms with Gasteiger partial charge in [0.2, 0.25) is 0 Å². The summed E-state index contributed by atoms with van der Waals surface area (Å²) in [5, 5.41) is 3.44. The van der Waals surface area contributed by atoms with E-state index in [2.05, 4.69) is 12.2 Å². The number of halogens is 2. The molecule has 4 heteroatoms. The highest BCUT2D eigenvalue weighted by atomic mass is 35.5. The fourth-order valence-electron chi connectivity index (χ4n) is 2.72. The lowest BCUT2D eigenvalue weighted by Gasteiger charge is -2.21. The van der Waals surface area contributed by atoms with Gasteiger partial charge in [-0.3, -0.25) is 0 Å². The third-order valence-corrected chi connectivity index (χ3v) is 3.88. The first-order chi connectivity index (χ1) is 9.83. The minimum Gasteiger partial charge on any atom is -0.490 e. The van der Waals surface area contributed by atoms with Crippen LogP contribution in [0.1, 0.15) is 57.4 Å². The highest BCUT2D eigenvalue weighted by Gasteiger charge is 2.18. The number of nitrogens with one attached hydrogen (secondary N) is 1. The Morgan fingerprint density at radius 2 is 1.90 bits per heavy atom. The molecule has 0 fully saturated rings. The van der Waals surface area contributed by atoms with Crippen LogP contribution in [0.4, 0.5) is 10.1 Å². The fourth-order valence-corrected chi connectivity index (χ4v) is 2.72. The van der Waals surface area contributed by atoms with Crippen LogP contribution >= 0.6 is 12.4 Å². The Morgan fingerprint density at radius 1 is 1.14 bits per heavy atom. The Morgan fingerprint density at radius 3 is 2.71 bits per heavy atom. The van der Waals surface area contributed by atoms with Gasteiger partial charge in [0.05, 0.1) is 6.61 Å². The summed E-state index contributed by atoms with van der Waals surface area (Å²) < 4.78 is 19.1. The van der Waals surface area contributed by atoms with Crippen molar-refractivity contribution in [3.05, 3.63) is 23.5 Å². The SMILES string of the molecule is CCCCCCCCNc1ccc(F)c2c1CCCO2.Cl. The van der Waals surface area contributed by atoms with E-state index in [0.29, 0.717) is 12.4 Å². The summed E-state index contributed by atoms with van der Waals surface area (Å²) in [6.45, 7) is 3.83. The highest BCUT2D eigenvalue weighted by Crippen LogP contribution is 2.33. The molecule has 0 aromatic heterocycles. The lowest BCUT2D eigenvalue weighted by atomic mass is 10.0. The molecule has 0 amide bonds. The Kier molecular flexibility index (Phi) is 8.51. The van der Waals surface area contributed by atoms with Gasteiger partial charge >= 0.3 is 0 Å². The van der Waals surface area contributed by atoms with E-state index < -0.39 is 0 Å². The second-order valence-corrected chi connectivity index (χ2v) is 5.55. The maximum Gasteiger partial charge on any atom is 0.165 e. The molecule has 2 rings (SSSR count). The minimum atomic E-state index is -0.232. The molecule has 0 aliphatic carbocycles. The van der Waals surface area contributed by atoms with Crippen molar-refractivity contribution in [1.82, 2.24) is 0 Å². The van der Waals surface area contributed by atoms with Crippen molar-refractivity contribution in [3.8, 4) is 5.75 Å². The summed E-state index contributed by atoms with van der Waals surface area (Å²) in [5.74, 6) is 0.231. The van der Waals surface area contributed by atoms with Gasteiger partial charge in [0, 0.05) is 17.8 Å². The topological polar surface area (TPSA) is 21.3 Å². The molecule has 1 heterocycles. The Hall–Kier alpha value is -0.960. The quantitative estimate of drug-likeness (QED) is 0.653. The van der Waals surface area contributed by atoms with Crippen molar-refractivity contribution in [2.75, 3.05) is 18.5 Å². The van der Waals surface area contributed by atoms with Gasteiger partial charge in [-0.1, -0.05) is 39.0 Å². The standard InChI is InChI=1S/C17H26FNO.ClH/c1-2-3-4-5-6-7-12-19-16-11-10-15(18)17-14(16)9-8-13-20-17;/h10-11,19H,2-9,12-13H2,1H3;1H. The van der Waals surface area contributed by atoms with Crippen LogP contribution in [-0.2, 0) is 6.42 Å². The molecule has 120 valence electrons. The number of benzene rings is 1. The van der Waals surface area contributed by atoms with Crippen LogP contribution in [0.15, 0.2) is 12.1 Å². The van der Waals surface area contributed by atoms with E-state index in [9.17, 15) is 4.39 Å². The Balaban J connectivity index is 0.00000220. The van der Waals surface area contributed by atoms with Crippen molar-refractivity contribution in [1.29, 1.82) is 0 Å². The number of fused-ring (bicyclic) bond motifs is 1. The molecule has 1 N–H and O–H groups in total.